The fourth-order valence-electron chi connectivity index (χ4n) is 5.39. The highest BCUT2D eigenvalue weighted by Gasteiger charge is 2.35. The van der Waals surface area contributed by atoms with Crippen molar-refractivity contribution in [1.82, 2.24) is 14.2 Å². The van der Waals surface area contributed by atoms with Crippen molar-refractivity contribution < 1.29 is 9.53 Å². The molecule has 3 heterocycles. The summed E-state index contributed by atoms with van der Waals surface area (Å²) in [4.78, 5) is 20.0. The monoisotopic (exact) mass is 532 g/mol. The van der Waals surface area contributed by atoms with E-state index < -0.39 is 0 Å². The third-order valence-corrected chi connectivity index (χ3v) is 8.07. The van der Waals surface area contributed by atoms with E-state index in [1.165, 1.54) is 17.1 Å². The number of nitrogen functional groups attached to an aromatic ring is 1. The van der Waals surface area contributed by atoms with Gasteiger partial charge < -0.3 is 15.4 Å². The number of nitrogens with one attached hydrogen (secondary N) is 1. The number of carbonyl (C=O) groups excluding carboxylic acids is 1. The molecule has 0 radical (unpaired) electrons. The minimum Gasteiger partial charge on any atom is -0.384 e. The summed E-state index contributed by atoms with van der Waals surface area (Å²) >= 11 is 1.50. The fourth-order valence-corrected chi connectivity index (χ4v) is 5.92. The van der Waals surface area contributed by atoms with Gasteiger partial charge in [-0.05, 0) is 66.6 Å². The zero-order valence-corrected chi connectivity index (χ0v) is 22.5. The van der Waals surface area contributed by atoms with E-state index in [9.17, 15) is 4.79 Å². The first-order valence-electron chi connectivity index (χ1n) is 13.3. The normalized spacial score (nSPS) is 19.2. The first kappa shape index (κ1) is 26.3. The van der Waals surface area contributed by atoms with E-state index in [1.807, 2.05) is 52.4 Å². The lowest BCUT2D eigenvalue weighted by molar-refractivity contribution is 0.0643. The summed E-state index contributed by atoms with van der Waals surface area (Å²) in [6.45, 7) is 6.19. The van der Waals surface area contributed by atoms with Crippen LogP contribution in [0.3, 0.4) is 0 Å². The fraction of sp³-hybridized carbons (Fsp3) is 0.414. The summed E-state index contributed by atoms with van der Waals surface area (Å²) in [5.41, 5.74) is 9.57. The van der Waals surface area contributed by atoms with Gasteiger partial charge in [0.1, 0.15) is 5.84 Å². The number of nitrogens with zero attached hydrogens (tertiary/aromatic N) is 4. The summed E-state index contributed by atoms with van der Waals surface area (Å²) in [7, 11) is 0. The molecule has 0 bridgehead atoms. The Hall–Kier alpha value is -3.27. The number of amidine groups is 1. The predicted molar refractivity (Wildman–Crippen MR) is 151 cm³/mol. The molecule has 200 valence electrons. The van der Waals surface area contributed by atoms with E-state index in [-0.39, 0.29) is 17.8 Å². The van der Waals surface area contributed by atoms with Crippen LogP contribution in [0, 0.1) is 17.2 Å². The molecule has 2 aromatic carbocycles. The molecule has 0 aliphatic carbocycles. The Bertz CT molecular complexity index is 1200. The van der Waals surface area contributed by atoms with Crippen molar-refractivity contribution in [3.05, 3.63) is 82.9 Å². The minimum atomic E-state index is 0.000835. The van der Waals surface area contributed by atoms with Crippen molar-refractivity contribution in [2.45, 2.75) is 26.0 Å². The lowest BCUT2D eigenvalue weighted by atomic mass is 9.95. The Balaban J connectivity index is 1.24. The van der Waals surface area contributed by atoms with E-state index in [4.69, 9.17) is 15.9 Å². The maximum absolute atomic E-state index is 13.7. The van der Waals surface area contributed by atoms with Crippen molar-refractivity contribution >= 4 is 29.1 Å². The Morgan fingerprint density at radius 1 is 1.05 bits per heavy atom. The van der Waals surface area contributed by atoms with Crippen LogP contribution in [0.1, 0.15) is 29.5 Å². The number of ether oxygens (including phenoxy) is 1. The number of likely N-dealkylation sites (tertiary alicyclic amines) is 1. The molecule has 0 saturated carbocycles. The van der Waals surface area contributed by atoms with Gasteiger partial charge in [0.25, 0.3) is 0 Å². The van der Waals surface area contributed by atoms with Crippen LogP contribution in [0.2, 0.25) is 0 Å². The number of benzene rings is 2. The van der Waals surface area contributed by atoms with Gasteiger partial charge in [0.2, 0.25) is 0 Å². The summed E-state index contributed by atoms with van der Waals surface area (Å²) in [5.74, 6) is 0.662. The molecule has 5 rings (SSSR count). The Morgan fingerprint density at radius 2 is 1.87 bits per heavy atom. The zero-order valence-electron chi connectivity index (χ0n) is 21.7. The number of urea groups is 1. The number of piperidine rings is 1. The molecule has 2 aliphatic rings. The van der Waals surface area contributed by atoms with Gasteiger partial charge in [-0.1, -0.05) is 42.5 Å². The van der Waals surface area contributed by atoms with Gasteiger partial charge in [-0.25, -0.2) is 9.17 Å². The van der Waals surface area contributed by atoms with Crippen molar-refractivity contribution in [1.29, 1.82) is 5.41 Å². The predicted octanol–water partition coefficient (Wildman–Crippen LogP) is 4.41. The number of nitrogens with two attached hydrogens (primary N) is 1. The van der Waals surface area contributed by atoms with Crippen LogP contribution in [0.5, 0.6) is 0 Å². The third-order valence-electron chi connectivity index (χ3n) is 7.43. The second-order valence-corrected chi connectivity index (χ2v) is 11.0. The van der Waals surface area contributed by atoms with Crippen molar-refractivity contribution in [3.63, 3.8) is 0 Å². The highest BCUT2D eigenvalue weighted by molar-refractivity contribution is 7.03. The molecule has 2 saturated heterocycles. The van der Waals surface area contributed by atoms with Crippen molar-refractivity contribution in [3.8, 4) is 0 Å². The lowest BCUT2D eigenvalue weighted by Gasteiger charge is -2.42. The number of rotatable bonds is 10. The standard InChI is InChI=1S/C29H36N6O2S/c30-28(31)26-7-4-8-27(13-26)35-18-25(20-37-19-23-5-2-1-3-6-23)17-34(29(35)36)16-22-9-11-33(12-10-22)15-24-14-32-38-21-24/h1-8,13-14,21-22,25H,9-12,15-20H2,(H3,30,31). The van der Waals surface area contributed by atoms with Crippen LogP contribution in [0.4, 0.5) is 10.5 Å². The SMILES string of the molecule is N=C(N)c1cccc(N2CC(COCc3ccccc3)CN(CC3CCN(Cc4cnsc4)CC3)C2=O)c1. The average molecular weight is 533 g/mol. The van der Waals surface area contributed by atoms with Crippen LogP contribution in [0.25, 0.3) is 0 Å². The summed E-state index contributed by atoms with van der Waals surface area (Å²) in [6, 6.07) is 17.6. The van der Waals surface area contributed by atoms with Crippen LogP contribution >= 0.6 is 11.5 Å². The molecule has 8 nitrogen and oxygen atoms in total. The van der Waals surface area contributed by atoms with Gasteiger partial charge in [-0.2, -0.15) is 0 Å². The van der Waals surface area contributed by atoms with Crippen molar-refractivity contribution in [2.24, 2.45) is 17.6 Å². The van der Waals surface area contributed by atoms with Gasteiger partial charge in [-0.3, -0.25) is 15.2 Å². The van der Waals surface area contributed by atoms with E-state index >= 15 is 0 Å². The smallest absolute Gasteiger partial charge is 0.324 e. The van der Waals surface area contributed by atoms with Gasteiger partial charge in [0, 0.05) is 54.9 Å². The molecule has 2 aliphatic heterocycles. The van der Waals surface area contributed by atoms with Gasteiger partial charge in [-0.15, -0.1) is 0 Å². The van der Waals surface area contributed by atoms with E-state index in [1.54, 1.807) is 6.07 Å². The quantitative estimate of drug-likeness (QED) is 0.298. The molecule has 38 heavy (non-hydrogen) atoms. The highest BCUT2D eigenvalue weighted by Crippen LogP contribution is 2.27. The molecule has 2 fully saturated rings. The number of aromatic nitrogens is 1. The highest BCUT2D eigenvalue weighted by atomic mass is 32.1. The second kappa shape index (κ2) is 12.5. The lowest BCUT2D eigenvalue weighted by Crippen LogP contribution is -2.56. The minimum absolute atomic E-state index is 0.000835. The van der Waals surface area contributed by atoms with E-state index in [0.717, 1.165) is 50.3 Å². The average Bonchev–Trinajstić information content (AvgIpc) is 3.45. The first-order valence-corrected chi connectivity index (χ1v) is 14.1. The number of hydrogen-bond donors (Lipinski definition) is 2. The Morgan fingerprint density at radius 3 is 2.61 bits per heavy atom. The third kappa shape index (κ3) is 6.78. The largest absolute Gasteiger partial charge is 0.384 e. The van der Waals surface area contributed by atoms with Gasteiger partial charge >= 0.3 is 6.03 Å². The maximum atomic E-state index is 13.7. The Labute approximate surface area is 228 Å². The molecule has 0 spiro atoms. The topological polar surface area (TPSA) is 98.8 Å². The Kier molecular flexibility index (Phi) is 8.68. The number of carbonyl (C=O) groups is 1. The maximum Gasteiger partial charge on any atom is 0.324 e. The molecular formula is C29H36N6O2S. The van der Waals surface area contributed by atoms with Crippen LogP contribution in [-0.4, -0.2) is 65.4 Å². The zero-order chi connectivity index (χ0) is 26.3. The number of hydrogen-bond acceptors (Lipinski definition) is 6. The molecule has 9 heteroatoms. The summed E-state index contributed by atoms with van der Waals surface area (Å²) in [6.07, 6.45) is 4.12. The first-order chi connectivity index (χ1) is 18.5. The van der Waals surface area contributed by atoms with E-state index in [2.05, 4.69) is 26.8 Å². The summed E-state index contributed by atoms with van der Waals surface area (Å²) < 4.78 is 10.3. The second-order valence-electron chi connectivity index (χ2n) is 10.4. The number of anilines is 1. The molecule has 3 N–H and O–H groups in total. The van der Waals surface area contributed by atoms with Crippen LogP contribution in [0.15, 0.2) is 66.2 Å². The molecular weight excluding hydrogens is 496 g/mol. The van der Waals surface area contributed by atoms with Crippen molar-refractivity contribution in [2.75, 3.05) is 44.2 Å². The van der Waals surface area contributed by atoms with Gasteiger partial charge in [0.05, 0.1) is 13.2 Å². The van der Waals surface area contributed by atoms with E-state index in [0.29, 0.717) is 37.8 Å². The molecule has 3 aromatic rings. The summed E-state index contributed by atoms with van der Waals surface area (Å²) in [5, 5.41) is 9.95. The van der Waals surface area contributed by atoms with Gasteiger partial charge in [0.15, 0.2) is 0 Å². The van der Waals surface area contributed by atoms with Crippen LogP contribution < -0.4 is 10.6 Å². The number of amides is 2. The molecule has 1 unspecified atom stereocenters. The molecule has 2 amide bonds. The molecule has 1 aromatic heterocycles. The van der Waals surface area contributed by atoms with Crippen LogP contribution in [-0.2, 0) is 17.9 Å². The molecule has 1 atom stereocenters.